The van der Waals surface area contributed by atoms with Crippen LogP contribution in [0.5, 0.6) is 0 Å². The van der Waals surface area contributed by atoms with Crippen molar-refractivity contribution >= 4 is 12.1 Å². The number of nitrogens with one attached hydrogen (secondary N) is 2. The van der Waals surface area contributed by atoms with E-state index in [-0.39, 0.29) is 11.7 Å². The molecule has 0 saturated carbocycles. The number of quaternary nitrogens is 1. The Kier molecular flexibility index (Phi) is 6.34. The summed E-state index contributed by atoms with van der Waals surface area (Å²) in [5, 5.41) is 3.89. The maximum atomic E-state index is 13.0. The van der Waals surface area contributed by atoms with E-state index >= 15 is 0 Å². The molecule has 4 nitrogen and oxygen atoms in total. The molecule has 1 saturated heterocycles. The summed E-state index contributed by atoms with van der Waals surface area (Å²) in [6.45, 7) is 2.57. The van der Waals surface area contributed by atoms with E-state index in [0.29, 0.717) is 12.1 Å². The van der Waals surface area contributed by atoms with E-state index in [0.717, 1.165) is 13.1 Å². The highest BCUT2D eigenvalue weighted by Crippen LogP contribution is 2.02. The maximum Gasteiger partial charge on any atom is 0.295 e. The van der Waals surface area contributed by atoms with Gasteiger partial charge in [-0.15, -0.1) is 0 Å². The Hall–Kier alpha value is -1.75. The number of rotatable bonds is 4. The summed E-state index contributed by atoms with van der Waals surface area (Å²) in [6, 6.07) is 6.10. The number of carbonyl (C=O) groups is 1. The molecule has 2 N–H and O–H groups in total. The zero-order chi connectivity index (χ0) is 14.9. The third-order valence-corrected chi connectivity index (χ3v) is 3.72. The zero-order valence-corrected chi connectivity index (χ0v) is 12.3. The minimum absolute atomic E-state index is 0.0850. The van der Waals surface area contributed by atoms with Crippen molar-refractivity contribution in [3.05, 3.63) is 35.6 Å². The van der Waals surface area contributed by atoms with Crippen LogP contribution < -0.4 is 10.3 Å². The fraction of sp³-hybridized carbons (Fsp3) is 0.500. The lowest BCUT2D eigenvalue weighted by molar-refractivity contribution is -0.893. The molecule has 1 fully saturated rings. The Balaban J connectivity index is 1.76. The summed E-state index contributed by atoms with van der Waals surface area (Å²) in [6.07, 6.45) is 7.69. The number of nitrogens with zero attached hydrogens (tertiary/aromatic N) is 1. The smallest absolute Gasteiger partial charge is 0.295 e. The Morgan fingerprint density at radius 1 is 1.24 bits per heavy atom. The number of hydrogen-bond donors (Lipinski definition) is 2. The third kappa shape index (κ3) is 6.04. The van der Waals surface area contributed by atoms with Gasteiger partial charge in [0.25, 0.3) is 5.91 Å². The van der Waals surface area contributed by atoms with E-state index in [1.807, 2.05) is 0 Å². The number of likely N-dealkylation sites (tertiary alicyclic amines) is 1. The largest absolute Gasteiger partial charge is 0.327 e. The average molecular weight is 292 g/mol. The van der Waals surface area contributed by atoms with Crippen LogP contribution in [0.25, 0.3) is 0 Å². The van der Waals surface area contributed by atoms with Crippen LogP contribution in [0, 0.1) is 5.82 Å². The Morgan fingerprint density at radius 3 is 2.67 bits per heavy atom. The van der Waals surface area contributed by atoms with Gasteiger partial charge in [-0.25, -0.2) is 9.82 Å². The molecule has 0 aromatic heterocycles. The third-order valence-electron chi connectivity index (χ3n) is 3.72. The molecule has 114 valence electrons. The van der Waals surface area contributed by atoms with Crippen molar-refractivity contribution in [3.8, 4) is 0 Å². The number of carbonyl (C=O) groups excluding carboxylic acids is 1. The number of halogens is 1. The van der Waals surface area contributed by atoms with Crippen LogP contribution in [0.3, 0.4) is 0 Å². The summed E-state index contributed by atoms with van der Waals surface area (Å²) in [5.41, 5.74) is 3.15. The highest BCUT2D eigenvalue weighted by atomic mass is 19.1. The van der Waals surface area contributed by atoms with Crippen LogP contribution in [0.4, 0.5) is 4.39 Å². The number of hydrogen-bond acceptors (Lipinski definition) is 2. The molecular weight excluding hydrogens is 269 g/mol. The van der Waals surface area contributed by atoms with Crippen LogP contribution in [-0.4, -0.2) is 31.8 Å². The van der Waals surface area contributed by atoms with Gasteiger partial charge in [-0.1, -0.05) is 18.6 Å². The molecule has 1 aliphatic rings. The second kappa shape index (κ2) is 8.52. The van der Waals surface area contributed by atoms with E-state index in [9.17, 15) is 9.18 Å². The molecule has 1 aliphatic heterocycles. The highest BCUT2D eigenvalue weighted by Gasteiger charge is 2.14. The molecule has 21 heavy (non-hydrogen) atoms. The Morgan fingerprint density at radius 2 is 1.95 bits per heavy atom. The van der Waals surface area contributed by atoms with E-state index in [1.165, 1.54) is 55.4 Å². The normalized spacial score (nSPS) is 17.4. The molecule has 1 aromatic rings. The van der Waals surface area contributed by atoms with Gasteiger partial charge in [0.2, 0.25) is 0 Å². The van der Waals surface area contributed by atoms with E-state index in [2.05, 4.69) is 10.5 Å². The molecule has 0 spiro atoms. The molecule has 0 aliphatic carbocycles. The fourth-order valence-corrected chi connectivity index (χ4v) is 2.61. The number of benzene rings is 1. The van der Waals surface area contributed by atoms with Crippen LogP contribution in [0.2, 0.25) is 0 Å². The molecule has 1 aromatic carbocycles. The second-order valence-electron chi connectivity index (χ2n) is 5.54. The van der Waals surface area contributed by atoms with Gasteiger partial charge in [0, 0.05) is 0 Å². The van der Waals surface area contributed by atoms with Crippen molar-refractivity contribution in [1.29, 1.82) is 0 Å². The van der Waals surface area contributed by atoms with Gasteiger partial charge in [-0.3, -0.25) is 4.79 Å². The Bertz CT molecular complexity index is 482. The van der Waals surface area contributed by atoms with Gasteiger partial charge in [0.1, 0.15) is 5.82 Å². The quantitative estimate of drug-likeness (QED) is 0.634. The molecule has 0 radical (unpaired) electrons. The highest BCUT2D eigenvalue weighted by molar-refractivity contribution is 5.82. The molecule has 1 amide bonds. The van der Waals surface area contributed by atoms with Crippen LogP contribution in [0.15, 0.2) is 29.4 Å². The molecule has 0 atom stereocenters. The standard InChI is InChI=1S/C16H22FN3O/c17-15-8-6-7-14(11-15)12-18-19-16(21)13-20-9-4-2-1-3-5-10-20/h6-8,11-12H,1-5,9-10,13H2,(H,19,21)/p+1. The molecule has 2 rings (SSSR count). The molecular formula is C16H23FN3O+. The molecule has 0 bridgehead atoms. The van der Waals surface area contributed by atoms with Crippen molar-refractivity contribution in [2.24, 2.45) is 5.10 Å². The van der Waals surface area contributed by atoms with Crippen LogP contribution in [0.1, 0.15) is 37.7 Å². The Labute approximate surface area is 125 Å². The van der Waals surface area contributed by atoms with Crippen molar-refractivity contribution in [2.45, 2.75) is 32.1 Å². The van der Waals surface area contributed by atoms with Gasteiger partial charge in [0.05, 0.1) is 19.3 Å². The summed E-state index contributed by atoms with van der Waals surface area (Å²) in [5.74, 6) is -0.395. The SMILES string of the molecule is O=C(C[NH+]1CCCCCCC1)NN=Cc1cccc(F)c1. The molecule has 1 heterocycles. The first-order valence-electron chi connectivity index (χ1n) is 7.65. The van der Waals surface area contributed by atoms with Gasteiger partial charge in [-0.05, 0) is 43.4 Å². The summed E-state index contributed by atoms with van der Waals surface area (Å²) in [4.78, 5) is 13.2. The second-order valence-corrected chi connectivity index (χ2v) is 5.54. The summed E-state index contributed by atoms with van der Waals surface area (Å²) in [7, 11) is 0. The summed E-state index contributed by atoms with van der Waals surface area (Å²) < 4.78 is 13.0. The minimum Gasteiger partial charge on any atom is -0.327 e. The molecule has 5 heteroatoms. The van der Waals surface area contributed by atoms with Gasteiger partial charge in [0.15, 0.2) is 6.54 Å². The lowest BCUT2D eigenvalue weighted by Gasteiger charge is -2.20. The van der Waals surface area contributed by atoms with Gasteiger partial charge >= 0.3 is 0 Å². The topological polar surface area (TPSA) is 45.9 Å². The van der Waals surface area contributed by atoms with E-state index in [1.54, 1.807) is 12.1 Å². The van der Waals surface area contributed by atoms with Crippen molar-refractivity contribution in [2.75, 3.05) is 19.6 Å². The average Bonchev–Trinajstić information content (AvgIpc) is 2.42. The minimum atomic E-state index is -0.310. The maximum absolute atomic E-state index is 13.0. The van der Waals surface area contributed by atoms with Crippen LogP contribution in [-0.2, 0) is 4.79 Å². The lowest BCUT2D eigenvalue weighted by atomic mass is 10.1. The van der Waals surface area contributed by atoms with Crippen molar-refractivity contribution in [3.63, 3.8) is 0 Å². The van der Waals surface area contributed by atoms with Crippen molar-refractivity contribution in [1.82, 2.24) is 5.43 Å². The van der Waals surface area contributed by atoms with E-state index < -0.39 is 0 Å². The predicted molar refractivity (Wildman–Crippen MR) is 80.8 cm³/mol. The van der Waals surface area contributed by atoms with E-state index in [4.69, 9.17) is 0 Å². The summed E-state index contributed by atoms with van der Waals surface area (Å²) >= 11 is 0. The molecule has 0 unspecified atom stereocenters. The zero-order valence-electron chi connectivity index (χ0n) is 12.3. The lowest BCUT2D eigenvalue weighted by Crippen LogP contribution is -3.13. The van der Waals surface area contributed by atoms with Gasteiger partial charge < -0.3 is 4.90 Å². The predicted octanol–water partition coefficient (Wildman–Crippen LogP) is 1.12. The van der Waals surface area contributed by atoms with Crippen LogP contribution >= 0.6 is 0 Å². The first-order chi connectivity index (χ1) is 10.2. The monoisotopic (exact) mass is 292 g/mol. The van der Waals surface area contributed by atoms with Crippen molar-refractivity contribution < 1.29 is 14.1 Å². The first kappa shape index (κ1) is 15.6. The number of amides is 1. The van der Waals surface area contributed by atoms with Gasteiger partial charge in [-0.2, -0.15) is 5.10 Å². The first-order valence-corrected chi connectivity index (χ1v) is 7.65. The fourth-order valence-electron chi connectivity index (χ4n) is 2.61. The number of hydrazone groups is 1.